The van der Waals surface area contributed by atoms with Gasteiger partial charge in [-0.3, -0.25) is 14.0 Å². The largest absolute Gasteiger partial charge is 0.379 e. The summed E-state index contributed by atoms with van der Waals surface area (Å²) in [6, 6.07) is 13.8. The molecule has 1 saturated heterocycles. The predicted molar refractivity (Wildman–Crippen MR) is 122 cm³/mol. The number of aryl methyl sites for hydroxylation is 2. The van der Waals surface area contributed by atoms with E-state index in [4.69, 9.17) is 4.74 Å². The van der Waals surface area contributed by atoms with E-state index in [2.05, 4.69) is 10.2 Å². The predicted octanol–water partition coefficient (Wildman–Crippen LogP) is 2.34. The third-order valence-electron chi connectivity index (χ3n) is 5.26. The lowest BCUT2D eigenvalue weighted by Gasteiger charge is -2.26. The maximum atomic E-state index is 13.4. The number of amides is 1. The van der Waals surface area contributed by atoms with Crippen molar-refractivity contribution >= 4 is 21.6 Å². The first-order valence-electron chi connectivity index (χ1n) is 10.6. The lowest BCUT2D eigenvalue weighted by atomic mass is 10.2. The first-order valence-corrected chi connectivity index (χ1v) is 12.0. The molecule has 0 atom stereocenters. The quantitative estimate of drug-likeness (QED) is 0.600. The molecular formula is C23H31N3O4S. The van der Waals surface area contributed by atoms with E-state index in [-0.39, 0.29) is 17.3 Å². The third-order valence-corrected chi connectivity index (χ3v) is 7.05. The second-order valence-corrected chi connectivity index (χ2v) is 9.68. The lowest BCUT2D eigenvalue weighted by molar-refractivity contribution is -0.119. The lowest BCUT2D eigenvalue weighted by Crippen LogP contribution is -2.42. The Balaban J connectivity index is 1.68. The van der Waals surface area contributed by atoms with Gasteiger partial charge in [-0.15, -0.1) is 0 Å². The fourth-order valence-electron chi connectivity index (χ4n) is 3.48. The Morgan fingerprint density at radius 1 is 1.06 bits per heavy atom. The number of carbonyl (C=O) groups excluding carboxylic acids is 1. The van der Waals surface area contributed by atoms with Gasteiger partial charge in [0.15, 0.2) is 0 Å². The smallest absolute Gasteiger partial charge is 0.264 e. The minimum absolute atomic E-state index is 0.166. The number of nitrogens with one attached hydrogen (secondary N) is 1. The molecule has 31 heavy (non-hydrogen) atoms. The molecule has 3 rings (SSSR count). The van der Waals surface area contributed by atoms with Crippen molar-refractivity contribution in [2.24, 2.45) is 0 Å². The Kier molecular flexibility index (Phi) is 8.06. The van der Waals surface area contributed by atoms with Crippen molar-refractivity contribution in [1.29, 1.82) is 0 Å². The number of hydrogen-bond acceptors (Lipinski definition) is 5. The van der Waals surface area contributed by atoms with Gasteiger partial charge in [0.2, 0.25) is 5.91 Å². The summed E-state index contributed by atoms with van der Waals surface area (Å²) in [5.74, 6) is -0.320. The number of benzene rings is 2. The number of sulfonamides is 1. The van der Waals surface area contributed by atoms with Crippen LogP contribution in [0, 0.1) is 13.8 Å². The highest BCUT2D eigenvalue weighted by atomic mass is 32.2. The summed E-state index contributed by atoms with van der Waals surface area (Å²) in [6.45, 7) is 8.22. The Labute approximate surface area is 185 Å². The number of ether oxygens (including phenoxy) is 1. The van der Waals surface area contributed by atoms with Crippen molar-refractivity contribution in [3.63, 3.8) is 0 Å². The first kappa shape index (κ1) is 23.2. The van der Waals surface area contributed by atoms with Crippen LogP contribution in [-0.2, 0) is 19.6 Å². The fraction of sp³-hybridized carbons (Fsp3) is 0.435. The standard InChI is InChI=1S/C23H31N3O4S/c1-19-7-9-22(10-8-19)31(28,29)26(21-6-3-5-20(2)17-21)18-23(27)24-11-4-12-25-13-15-30-16-14-25/h3,5-10,17H,4,11-16,18H2,1-2H3,(H,24,27). The van der Waals surface area contributed by atoms with Gasteiger partial charge in [0.1, 0.15) is 6.54 Å². The van der Waals surface area contributed by atoms with Crippen LogP contribution in [-0.4, -0.2) is 65.2 Å². The van der Waals surface area contributed by atoms with Crippen molar-refractivity contribution < 1.29 is 17.9 Å². The molecule has 1 aliphatic rings. The topological polar surface area (TPSA) is 79.0 Å². The maximum Gasteiger partial charge on any atom is 0.264 e. The summed E-state index contributed by atoms with van der Waals surface area (Å²) >= 11 is 0. The molecule has 8 heteroatoms. The highest BCUT2D eigenvalue weighted by Gasteiger charge is 2.27. The molecule has 0 radical (unpaired) electrons. The number of anilines is 1. The van der Waals surface area contributed by atoms with E-state index in [9.17, 15) is 13.2 Å². The molecule has 0 spiro atoms. The molecule has 2 aromatic rings. The van der Waals surface area contributed by atoms with Gasteiger partial charge in [0.25, 0.3) is 10.0 Å². The second-order valence-electron chi connectivity index (χ2n) is 7.82. The monoisotopic (exact) mass is 445 g/mol. The van der Waals surface area contributed by atoms with E-state index in [1.807, 2.05) is 19.9 Å². The van der Waals surface area contributed by atoms with Crippen LogP contribution in [0.4, 0.5) is 5.69 Å². The molecule has 1 N–H and O–H groups in total. The van der Waals surface area contributed by atoms with E-state index in [0.29, 0.717) is 12.2 Å². The first-order chi connectivity index (χ1) is 14.9. The van der Waals surface area contributed by atoms with Gasteiger partial charge >= 0.3 is 0 Å². The molecule has 168 valence electrons. The Bertz CT molecular complexity index is 971. The molecule has 0 saturated carbocycles. The van der Waals surface area contributed by atoms with Crippen molar-refractivity contribution in [3.8, 4) is 0 Å². The Morgan fingerprint density at radius 3 is 2.45 bits per heavy atom. The highest BCUT2D eigenvalue weighted by molar-refractivity contribution is 7.92. The molecule has 2 aromatic carbocycles. The van der Waals surface area contributed by atoms with Crippen LogP contribution >= 0.6 is 0 Å². The van der Waals surface area contributed by atoms with Gasteiger partial charge in [-0.25, -0.2) is 8.42 Å². The van der Waals surface area contributed by atoms with Crippen LogP contribution in [0.1, 0.15) is 17.5 Å². The summed E-state index contributed by atoms with van der Waals surface area (Å²) in [5, 5.41) is 2.87. The van der Waals surface area contributed by atoms with E-state index >= 15 is 0 Å². The zero-order valence-electron chi connectivity index (χ0n) is 18.2. The van der Waals surface area contributed by atoms with E-state index in [1.54, 1.807) is 42.5 Å². The van der Waals surface area contributed by atoms with Crippen molar-refractivity contribution in [1.82, 2.24) is 10.2 Å². The average molecular weight is 446 g/mol. The number of nitrogens with zero attached hydrogens (tertiary/aromatic N) is 2. The zero-order chi connectivity index (χ0) is 22.3. The molecule has 1 amide bonds. The SMILES string of the molecule is Cc1ccc(S(=O)(=O)N(CC(=O)NCCCN2CCOCC2)c2cccc(C)c2)cc1. The Hall–Kier alpha value is -2.42. The summed E-state index contributed by atoms with van der Waals surface area (Å²) in [6.07, 6.45) is 0.806. The van der Waals surface area contributed by atoms with Gasteiger partial charge in [-0.2, -0.15) is 0 Å². The van der Waals surface area contributed by atoms with Gasteiger partial charge in [-0.05, 0) is 56.6 Å². The molecule has 0 unspecified atom stereocenters. The maximum absolute atomic E-state index is 13.4. The van der Waals surface area contributed by atoms with Gasteiger partial charge < -0.3 is 10.1 Å². The summed E-state index contributed by atoms with van der Waals surface area (Å²) in [4.78, 5) is 15.1. The third kappa shape index (κ3) is 6.53. The molecule has 1 aliphatic heterocycles. The van der Waals surface area contributed by atoms with Gasteiger partial charge in [0, 0.05) is 19.6 Å². The normalized spacial score (nSPS) is 14.9. The number of hydrogen-bond donors (Lipinski definition) is 1. The van der Waals surface area contributed by atoms with Crippen LogP contribution in [0.15, 0.2) is 53.4 Å². The zero-order valence-corrected chi connectivity index (χ0v) is 19.0. The van der Waals surface area contributed by atoms with E-state index < -0.39 is 10.0 Å². The summed E-state index contributed by atoms with van der Waals surface area (Å²) in [7, 11) is -3.88. The van der Waals surface area contributed by atoms with Crippen molar-refractivity contribution in [2.75, 3.05) is 50.2 Å². The van der Waals surface area contributed by atoms with Crippen LogP contribution < -0.4 is 9.62 Å². The second kappa shape index (κ2) is 10.7. The molecule has 0 bridgehead atoms. The van der Waals surface area contributed by atoms with Gasteiger partial charge in [-0.1, -0.05) is 29.8 Å². The molecule has 0 aliphatic carbocycles. The molecule has 1 fully saturated rings. The Morgan fingerprint density at radius 2 is 1.77 bits per heavy atom. The minimum atomic E-state index is -3.88. The van der Waals surface area contributed by atoms with Crippen LogP contribution in [0.25, 0.3) is 0 Å². The molecule has 0 aromatic heterocycles. The van der Waals surface area contributed by atoms with Crippen molar-refractivity contribution in [2.45, 2.75) is 25.2 Å². The molecular weight excluding hydrogens is 414 g/mol. The van der Waals surface area contributed by atoms with E-state index in [1.165, 1.54) is 4.31 Å². The van der Waals surface area contributed by atoms with E-state index in [0.717, 1.165) is 50.4 Å². The van der Waals surface area contributed by atoms with Gasteiger partial charge in [0.05, 0.1) is 23.8 Å². The number of carbonyl (C=O) groups is 1. The van der Waals surface area contributed by atoms with Crippen LogP contribution in [0.2, 0.25) is 0 Å². The van der Waals surface area contributed by atoms with Crippen LogP contribution in [0.5, 0.6) is 0 Å². The summed E-state index contributed by atoms with van der Waals surface area (Å²) in [5.41, 5.74) is 2.37. The average Bonchev–Trinajstić information content (AvgIpc) is 2.76. The molecule has 7 nitrogen and oxygen atoms in total. The molecule has 1 heterocycles. The minimum Gasteiger partial charge on any atom is -0.379 e. The highest BCUT2D eigenvalue weighted by Crippen LogP contribution is 2.24. The fourth-order valence-corrected chi connectivity index (χ4v) is 4.89. The number of morpholine rings is 1. The van der Waals surface area contributed by atoms with Crippen LogP contribution in [0.3, 0.4) is 0 Å². The summed E-state index contributed by atoms with van der Waals surface area (Å²) < 4.78 is 33.2. The van der Waals surface area contributed by atoms with Crippen molar-refractivity contribution in [3.05, 3.63) is 59.7 Å². The number of rotatable bonds is 9.